The third-order valence-electron chi connectivity index (χ3n) is 3.12. The monoisotopic (exact) mass is 280 g/mol. The molecule has 0 unspecified atom stereocenters. The van der Waals surface area contributed by atoms with Crippen molar-refractivity contribution in [1.82, 2.24) is 4.90 Å². The molecule has 1 aromatic carbocycles. The van der Waals surface area contributed by atoms with E-state index in [1.165, 1.54) is 6.07 Å². The minimum absolute atomic E-state index is 0.224. The lowest BCUT2D eigenvalue weighted by molar-refractivity contribution is 0.0240. The van der Waals surface area contributed by atoms with Crippen LogP contribution in [0.25, 0.3) is 0 Å². The summed E-state index contributed by atoms with van der Waals surface area (Å²) in [6.45, 7) is 7.86. The number of piperazine rings is 1. The van der Waals surface area contributed by atoms with Crippen molar-refractivity contribution in [3.05, 3.63) is 30.1 Å². The van der Waals surface area contributed by atoms with Gasteiger partial charge in [0.2, 0.25) is 0 Å². The minimum atomic E-state index is -0.486. The van der Waals surface area contributed by atoms with E-state index < -0.39 is 5.60 Å². The van der Waals surface area contributed by atoms with Crippen molar-refractivity contribution in [3.63, 3.8) is 0 Å². The molecule has 5 heteroatoms. The predicted octanol–water partition coefficient (Wildman–Crippen LogP) is 2.88. The van der Waals surface area contributed by atoms with Crippen LogP contribution in [-0.2, 0) is 4.74 Å². The highest BCUT2D eigenvalue weighted by Crippen LogP contribution is 2.20. The number of nitrogens with zero attached hydrogens (tertiary/aromatic N) is 2. The maximum Gasteiger partial charge on any atom is 0.410 e. The number of hydrogen-bond acceptors (Lipinski definition) is 3. The van der Waals surface area contributed by atoms with Crippen LogP contribution in [0.5, 0.6) is 0 Å². The molecule has 1 aliphatic heterocycles. The van der Waals surface area contributed by atoms with Gasteiger partial charge in [0.25, 0.3) is 0 Å². The van der Waals surface area contributed by atoms with Crippen molar-refractivity contribution >= 4 is 11.8 Å². The third-order valence-corrected chi connectivity index (χ3v) is 3.12. The average molecular weight is 280 g/mol. The molecule has 110 valence electrons. The van der Waals surface area contributed by atoms with Crippen molar-refractivity contribution in [2.75, 3.05) is 31.1 Å². The Labute approximate surface area is 119 Å². The normalized spacial score (nSPS) is 16.2. The van der Waals surface area contributed by atoms with E-state index in [1.807, 2.05) is 31.7 Å². The highest BCUT2D eigenvalue weighted by Gasteiger charge is 2.26. The van der Waals surface area contributed by atoms with Crippen LogP contribution in [0.2, 0.25) is 0 Å². The Morgan fingerprint density at radius 1 is 1.15 bits per heavy atom. The molecule has 1 aliphatic rings. The van der Waals surface area contributed by atoms with Gasteiger partial charge >= 0.3 is 6.09 Å². The molecule has 4 nitrogen and oxygen atoms in total. The summed E-state index contributed by atoms with van der Waals surface area (Å²) >= 11 is 0. The van der Waals surface area contributed by atoms with Crippen molar-refractivity contribution < 1.29 is 13.9 Å². The van der Waals surface area contributed by atoms with E-state index in [1.54, 1.807) is 17.0 Å². The standard InChI is InChI=1S/C15H21FN2O2/c1-15(2,3)20-14(19)18-10-8-17(9-11-18)13-7-5-4-6-12(13)16/h4-7H,8-11H2,1-3H3. The fourth-order valence-corrected chi connectivity index (χ4v) is 2.16. The predicted molar refractivity (Wildman–Crippen MR) is 76.4 cm³/mol. The van der Waals surface area contributed by atoms with Crippen molar-refractivity contribution in [2.24, 2.45) is 0 Å². The van der Waals surface area contributed by atoms with Crippen molar-refractivity contribution in [3.8, 4) is 0 Å². The van der Waals surface area contributed by atoms with E-state index in [-0.39, 0.29) is 11.9 Å². The summed E-state index contributed by atoms with van der Waals surface area (Å²) in [4.78, 5) is 15.6. The first kappa shape index (κ1) is 14.6. The van der Waals surface area contributed by atoms with Gasteiger partial charge in [-0.25, -0.2) is 9.18 Å². The lowest BCUT2D eigenvalue weighted by atomic mass is 10.2. The Bertz CT molecular complexity index is 477. The molecule has 0 aliphatic carbocycles. The van der Waals surface area contributed by atoms with Gasteiger partial charge in [-0.3, -0.25) is 0 Å². The maximum absolute atomic E-state index is 13.7. The minimum Gasteiger partial charge on any atom is -0.444 e. The van der Waals surface area contributed by atoms with E-state index in [0.29, 0.717) is 31.9 Å². The van der Waals surface area contributed by atoms with Gasteiger partial charge in [0.05, 0.1) is 5.69 Å². The molecule has 1 amide bonds. The summed E-state index contributed by atoms with van der Waals surface area (Å²) in [6.07, 6.45) is -0.300. The SMILES string of the molecule is CC(C)(C)OC(=O)N1CCN(c2ccccc2F)CC1. The van der Waals surface area contributed by atoms with Gasteiger partial charge in [0.1, 0.15) is 11.4 Å². The zero-order valence-electron chi connectivity index (χ0n) is 12.2. The molecule has 1 saturated heterocycles. The lowest BCUT2D eigenvalue weighted by Crippen LogP contribution is -2.50. The number of anilines is 1. The van der Waals surface area contributed by atoms with Crippen molar-refractivity contribution in [2.45, 2.75) is 26.4 Å². The topological polar surface area (TPSA) is 32.8 Å². The summed E-state index contributed by atoms with van der Waals surface area (Å²) in [5.41, 5.74) is 0.107. The molecule has 0 bridgehead atoms. The average Bonchev–Trinajstić information content (AvgIpc) is 2.37. The van der Waals surface area contributed by atoms with Crippen LogP contribution in [0.1, 0.15) is 20.8 Å². The van der Waals surface area contributed by atoms with E-state index in [4.69, 9.17) is 4.74 Å². The number of para-hydroxylation sites is 1. The largest absolute Gasteiger partial charge is 0.444 e. The van der Waals surface area contributed by atoms with Crippen LogP contribution in [-0.4, -0.2) is 42.8 Å². The van der Waals surface area contributed by atoms with E-state index >= 15 is 0 Å². The molecular weight excluding hydrogens is 259 g/mol. The first-order chi connectivity index (χ1) is 9.37. The lowest BCUT2D eigenvalue weighted by Gasteiger charge is -2.36. The molecule has 2 rings (SSSR count). The van der Waals surface area contributed by atoms with Gasteiger partial charge in [-0.2, -0.15) is 0 Å². The summed E-state index contributed by atoms with van der Waals surface area (Å²) in [5, 5.41) is 0. The van der Waals surface area contributed by atoms with E-state index in [0.717, 1.165) is 0 Å². The van der Waals surface area contributed by atoms with Gasteiger partial charge in [0, 0.05) is 26.2 Å². The van der Waals surface area contributed by atoms with Crippen LogP contribution < -0.4 is 4.90 Å². The van der Waals surface area contributed by atoms with Crippen LogP contribution >= 0.6 is 0 Å². The molecule has 0 radical (unpaired) electrons. The van der Waals surface area contributed by atoms with Gasteiger partial charge in [-0.1, -0.05) is 12.1 Å². The second-order valence-corrected chi connectivity index (χ2v) is 5.91. The van der Waals surface area contributed by atoms with Crippen LogP contribution in [0.4, 0.5) is 14.9 Å². The number of hydrogen-bond donors (Lipinski definition) is 0. The molecule has 1 aromatic rings. The Balaban J connectivity index is 1.93. The van der Waals surface area contributed by atoms with E-state index in [2.05, 4.69) is 0 Å². The highest BCUT2D eigenvalue weighted by atomic mass is 19.1. The van der Waals surface area contributed by atoms with Crippen LogP contribution in [0.3, 0.4) is 0 Å². The first-order valence-corrected chi connectivity index (χ1v) is 6.84. The Morgan fingerprint density at radius 3 is 2.30 bits per heavy atom. The number of rotatable bonds is 1. The molecule has 20 heavy (non-hydrogen) atoms. The molecule has 0 atom stereocenters. The van der Waals surface area contributed by atoms with E-state index in [9.17, 15) is 9.18 Å². The van der Waals surface area contributed by atoms with Crippen molar-refractivity contribution in [1.29, 1.82) is 0 Å². The fourth-order valence-electron chi connectivity index (χ4n) is 2.16. The fraction of sp³-hybridized carbons (Fsp3) is 0.533. The maximum atomic E-state index is 13.7. The van der Waals surface area contributed by atoms with Crippen LogP contribution in [0.15, 0.2) is 24.3 Å². The van der Waals surface area contributed by atoms with Gasteiger partial charge < -0.3 is 14.5 Å². The smallest absolute Gasteiger partial charge is 0.410 e. The number of ether oxygens (including phenoxy) is 1. The highest BCUT2D eigenvalue weighted by molar-refractivity contribution is 5.68. The molecule has 1 heterocycles. The first-order valence-electron chi connectivity index (χ1n) is 6.84. The number of carbonyl (C=O) groups is 1. The Morgan fingerprint density at radius 2 is 1.75 bits per heavy atom. The Kier molecular flexibility index (Phi) is 4.16. The zero-order chi connectivity index (χ0) is 14.8. The summed E-state index contributed by atoms with van der Waals surface area (Å²) < 4.78 is 19.0. The summed E-state index contributed by atoms with van der Waals surface area (Å²) in [6, 6.07) is 6.71. The molecule has 0 aromatic heterocycles. The third kappa shape index (κ3) is 3.62. The molecule has 0 N–H and O–H groups in total. The molecule has 0 saturated carbocycles. The summed E-state index contributed by atoms with van der Waals surface area (Å²) in [7, 11) is 0. The zero-order valence-corrected chi connectivity index (χ0v) is 12.2. The van der Waals surface area contributed by atoms with Crippen LogP contribution in [0, 0.1) is 5.82 Å². The Hall–Kier alpha value is -1.78. The van der Waals surface area contributed by atoms with Gasteiger partial charge in [-0.15, -0.1) is 0 Å². The van der Waals surface area contributed by atoms with Gasteiger partial charge in [0.15, 0.2) is 0 Å². The second-order valence-electron chi connectivity index (χ2n) is 5.91. The number of amides is 1. The summed E-state index contributed by atoms with van der Waals surface area (Å²) in [5.74, 6) is -0.224. The molecule has 1 fully saturated rings. The van der Waals surface area contributed by atoms with Gasteiger partial charge in [-0.05, 0) is 32.9 Å². The molecular formula is C15H21FN2O2. The number of carbonyl (C=O) groups excluding carboxylic acids is 1. The number of benzene rings is 1. The second kappa shape index (κ2) is 5.69. The number of halogens is 1. The quantitative estimate of drug-likeness (QED) is 0.793. The molecule has 0 spiro atoms.